The third kappa shape index (κ3) is 4.85. The second-order valence-electron chi connectivity index (χ2n) is 8.43. The van der Waals surface area contributed by atoms with E-state index < -0.39 is 0 Å². The van der Waals surface area contributed by atoms with Crippen molar-refractivity contribution in [3.63, 3.8) is 0 Å². The molecule has 0 atom stereocenters. The van der Waals surface area contributed by atoms with Crippen molar-refractivity contribution >= 4 is 28.1 Å². The molecule has 0 bridgehead atoms. The molecule has 3 aromatic carbocycles. The molecular formula is C29H29NO3. The second kappa shape index (κ2) is 9.37. The van der Waals surface area contributed by atoms with E-state index in [1.807, 2.05) is 45.9 Å². The fraction of sp³-hybridized carbons (Fsp3) is 0.207. The van der Waals surface area contributed by atoms with E-state index in [2.05, 4.69) is 48.6 Å². The normalized spacial score (nSPS) is 11.6. The molecule has 0 fully saturated rings. The summed E-state index contributed by atoms with van der Waals surface area (Å²) in [7, 11) is 0. The van der Waals surface area contributed by atoms with Crippen molar-refractivity contribution in [3.8, 4) is 16.9 Å². The van der Waals surface area contributed by atoms with Gasteiger partial charge in [0.25, 0.3) is 0 Å². The summed E-state index contributed by atoms with van der Waals surface area (Å²) >= 11 is 0. The zero-order valence-corrected chi connectivity index (χ0v) is 19.8. The molecule has 4 aromatic rings. The highest BCUT2D eigenvalue weighted by Gasteiger charge is 2.15. The van der Waals surface area contributed by atoms with Crippen LogP contribution in [0.5, 0.6) is 5.75 Å². The lowest BCUT2D eigenvalue weighted by Crippen LogP contribution is -2.10. The van der Waals surface area contributed by atoms with E-state index in [1.165, 1.54) is 5.56 Å². The van der Waals surface area contributed by atoms with Crippen molar-refractivity contribution in [1.29, 1.82) is 0 Å². The van der Waals surface area contributed by atoms with Crippen molar-refractivity contribution in [2.45, 2.75) is 34.6 Å². The molecule has 0 radical (unpaired) electrons. The number of carbonyl (C=O) groups is 1. The van der Waals surface area contributed by atoms with E-state index in [9.17, 15) is 4.79 Å². The fourth-order valence-corrected chi connectivity index (χ4v) is 3.99. The Labute approximate surface area is 194 Å². The van der Waals surface area contributed by atoms with Gasteiger partial charge in [0.15, 0.2) is 0 Å². The molecule has 0 saturated carbocycles. The minimum absolute atomic E-state index is 0.173. The summed E-state index contributed by atoms with van der Waals surface area (Å²) in [5.74, 6) is 0.524. The van der Waals surface area contributed by atoms with Gasteiger partial charge in [-0.1, -0.05) is 47.5 Å². The molecule has 1 aromatic heterocycles. The lowest BCUT2D eigenvalue weighted by atomic mass is 9.98. The summed E-state index contributed by atoms with van der Waals surface area (Å²) < 4.78 is 11.8. The molecule has 1 heterocycles. The Morgan fingerprint density at radius 1 is 1.00 bits per heavy atom. The molecule has 0 saturated heterocycles. The van der Waals surface area contributed by atoms with Gasteiger partial charge in [-0.05, 0) is 63.5 Å². The van der Waals surface area contributed by atoms with Crippen molar-refractivity contribution in [2.75, 3.05) is 11.9 Å². The number of hydrogen-bond donors (Lipinski definition) is 1. The molecule has 1 amide bonds. The smallest absolute Gasteiger partial charge is 0.248 e. The Morgan fingerprint density at radius 2 is 1.73 bits per heavy atom. The number of anilines is 1. The highest BCUT2D eigenvalue weighted by atomic mass is 16.5. The number of ether oxygens (including phenoxy) is 1. The van der Waals surface area contributed by atoms with Gasteiger partial charge in [-0.15, -0.1) is 0 Å². The number of fused-ring (bicyclic) bond motifs is 1. The third-order valence-corrected chi connectivity index (χ3v) is 5.75. The summed E-state index contributed by atoms with van der Waals surface area (Å²) in [4.78, 5) is 12.8. The van der Waals surface area contributed by atoms with Crippen LogP contribution in [0.15, 0.2) is 71.4 Å². The first-order chi connectivity index (χ1) is 15.9. The topological polar surface area (TPSA) is 51.5 Å². The van der Waals surface area contributed by atoms with Crippen LogP contribution in [-0.2, 0) is 4.79 Å². The molecule has 0 aliphatic rings. The Hall–Kier alpha value is -3.79. The average Bonchev–Trinajstić information content (AvgIpc) is 3.18. The molecule has 168 valence electrons. The average molecular weight is 440 g/mol. The van der Waals surface area contributed by atoms with E-state index in [1.54, 1.807) is 12.3 Å². The number of rotatable bonds is 6. The van der Waals surface area contributed by atoms with Gasteiger partial charge >= 0.3 is 0 Å². The van der Waals surface area contributed by atoms with Crippen molar-refractivity contribution in [3.05, 3.63) is 89.2 Å². The molecule has 0 unspecified atom stereocenters. The zero-order valence-electron chi connectivity index (χ0n) is 19.8. The number of carbonyl (C=O) groups excluding carboxylic acids is 1. The van der Waals surface area contributed by atoms with Gasteiger partial charge in [-0.3, -0.25) is 4.79 Å². The standard InChI is InChI=1S/C29H29NO3/c1-6-32-27-16-28-24(25(17-33-28)22-10-7-18(2)8-11-22)15-23(27)20(4)14-29(31)30-26-12-9-19(3)13-21(26)5/h7-17H,6H2,1-5H3,(H,30,31)/b20-14+. The Morgan fingerprint density at radius 3 is 2.42 bits per heavy atom. The highest BCUT2D eigenvalue weighted by Crippen LogP contribution is 2.37. The Balaban J connectivity index is 1.72. The summed E-state index contributed by atoms with van der Waals surface area (Å²) in [6.45, 7) is 10.5. The minimum Gasteiger partial charge on any atom is -0.493 e. The summed E-state index contributed by atoms with van der Waals surface area (Å²) in [5, 5.41) is 3.98. The van der Waals surface area contributed by atoms with Gasteiger partial charge in [0.05, 0.1) is 12.9 Å². The molecule has 4 heteroatoms. The van der Waals surface area contributed by atoms with Crippen LogP contribution in [0.25, 0.3) is 27.7 Å². The molecule has 4 nitrogen and oxygen atoms in total. The van der Waals surface area contributed by atoms with Crippen LogP contribution in [0.1, 0.15) is 36.1 Å². The van der Waals surface area contributed by atoms with Crippen LogP contribution < -0.4 is 10.1 Å². The quantitative estimate of drug-likeness (QED) is 0.317. The molecular weight excluding hydrogens is 410 g/mol. The van der Waals surface area contributed by atoms with E-state index in [0.29, 0.717) is 12.4 Å². The maximum atomic E-state index is 12.8. The lowest BCUT2D eigenvalue weighted by Gasteiger charge is -2.12. The van der Waals surface area contributed by atoms with Gasteiger partial charge in [0, 0.05) is 34.3 Å². The van der Waals surface area contributed by atoms with E-state index >= 15 is 0 Å². The molecule has 33 heavy (non-hydrogen) atoms. The highest BCUT2D eigenvalue weighted by molar-refractivity contribution is 6.05. The van der Waals surface area contributed by atoms with Crippen LogP contribution in [0.3, 0.4) is 0 Å². The van der Waals surface area contributed by atoms with Crippen molar-refractivity contribution < 1.29 is 13.9 Å². The van der Waals surface area contributed by atoms with Crippen molar-refractivity contribution in [2.24, 2.45) is 0 Å². The van der Waals surface area contributed by atoms with Crippen LogP contribution in [0.2, 0.25) is 0 Å². The monoisotopic (exact) mass is 439 g/mol. The molecule has 0 aliphatic heterocycles. The van der Waals surface area contributed by atoms with Gasteiger partial charge < -0.3 is 14.5 Å². The zero-order chi connectivity index (χ0) is 23.5. The first kappa shape index (κ1) is 22.4. The number of benzene rings is 3. The third-order valence-electron chi connectivity index (χ3n) is 5.75. The molecule has 0 aliphatic carbocycles. The largest absolute Gasteiger partial charge is 0.493 e. The van der Waals surface area contributed by atoms with Gasteiger partial charge in [0.1, 0.15) is 11.3 Å². The number of aryl methyl sites for hydroxylation is 3. The fourth-order valence-electron chi connectivity index (χ4n) is 3.99. The minimum atomic E-state index is -0.173. The van der Waals surface area contributed by atoms with Crippen LogP contribution in [0, 0.1) is 20.8 Å². The van der Waals surface area contributed by atoms with Crippen LogP contribution in [-0.4, -0.2) is 12.5 Å². The van der Waals surface area contributed by atoms with E-state index in [-0.39, 0.29) is 5.91 Å². The van der Waals surface area contributed by atoms with E-state index in [0.717, 1.165) is 50.0 Å². The SMILES string of the molecule is CCOc1cc2occ(-c3ccc(C)cc3)c2cc1/C(C)=C/C(=O)Nc1ccc(C)cc1C. The van der Waals surface area contributed by atoms with Crippen LogP contribution >= 0.6 is 0 Å². The lowest BCUT2D eigenvalue weighted by molar-refractivity contribution is -0.111. The number of hydrogen-bond acceptors (Lipinski definition) is 3. The Bertz CT molecular complexity index is 1340. The molecule has 1 N–H and O–H groups in total. The first-order valence-corrected chi connectivity index (χ1v) is 11.2. The maximum Gasteiger partial charge on any atom is 0.248 e. The second-order valence-corrected chi connectivity index (χ2v) is 8.43. The molecule has 4 rings (SSSR count). The number of furan rings is 1. The summed E-state index contributed by atoms with van der Waals surface area (Å²) in [6, 6.07) is 18.3. The van der Waals surface area contributed by atoms with Crippen LogP contribution in [0.4, 0.5) is 5.69 Å². The van der Waals surface area contributed by atoms with Crippen molar-refractivity contribution in [1.82, 2.24) is 0 Å². The predicted octanol–water partition coefficient (Wildman–Crippen LogP) is 7.47. The first-order valence-electron chi connectivity index (χ1n) is 11.2. The van der Waals surface area contributed by atoms with Gasteiger partial charge in [0.2, 0.25) is 5.91 Å². The Kier molecular flexibility index (Phi) is 6.36. The number of amides is 1. The van der Waals surface area contributed by atoms with E-state index in [4.69, 9.17) is 9.15 Å². The predicted molar refractivity (Wildman–Crippen MR) is 136 cm³/mol. The number of nitrogens with one attached hydrogen (secondary N) is 1. The summed E-state index contributed by atoms with van der Waals surface area (Å²) in [5.41, 5.74) is 8.76. The molecule has 0 spiro atoms. The maximum absolute atomic E-state index is 12.8. The summed E-state index contributed by atoms with van der Waals surface area (Å²) in [6.07, 6.45) is 3.40. The van der Waals surface area contributed by atoms with Gasteiger partial charge in [-0.2, -0.15) is 0 Å². The number of allylic oxidation sites excluding steroid dienone is 1. The van der Waals surface area contributed by atoms with Gasteiger partial charge in [-0.25, -0.2) is 0 Å².